The zero-order chi connectivity index (χ0) is 19.6. The van der Waals surface area contributed by atoms with Crippen molar-refractivity contribution in [2.75, 3.05) is 20.2 Å². The standard InChI is InChI=1S/C18H18BrNO5S2/c1-25-15-5-4-13(19)10-12(15)11-14(18(21)22)16-6-7-17(26-16)27(23,24)20-8-2-3-9-20/h4-7,10-11H,2-3,8-9H2,1H3,(H,21,22). The molecule has 0 saturated carbocycles. The van der Waals surface area contributed by atoms with E-state index >= 15 is 0 Å². The van der Waals surface area contributed by atoms with E-state index in [9.17, 15) is 18.3 Å². The third-order valence-electron chi connectivity index (χ3n) is 4.23. The molecular formula is C18H18BrNO5S2. The van der Waals surface area contributed by atoms with E-state index in [0.717, 1.165) is 28.7 Å². The van der Waals surface area contributed by atoms with Crippen molar-refractivity contribution in [2.45, 2.75) is 17.1 Å². The largest absolute Gasteiger partial charge is 0.496 e. The van der Waals surface area contributed by atoms with Crippen LogP contribution in [0.15, 0.2) is 39.0 Å². The van der Waals surface area contributed by atoms with Gasteiger partial charge in [-0.15, -0.1) is 11.3 Å². The summed E-state index contributed by atoms with van der Waals surface area (Å²) in [6.07, 6.45) is 3.19. The molecule has 6 nitrogen and oxygen atoms in total. The molecule has 0 atom stereocenters. The maximum absolute atomic E-state index is 12.7. The van der Waals surface area contributed by atoms with Crippen LogP contribution >= 0.6 is 27.3 Å². The first kappa shape index (κ1) is 20.1. The summed E-state index contributed by atoms with van der Waals surface area (Å²) in [5.41, 5.74) is 0.598. The van der Waals surface area contributed by atoms with E-state index in [2.05, 4.69) is 15.9 Å². The van der Waals surface area contributed by atoms with E-state index < -0.39 is 16.0 Å². The number of aliphatic carboxylic acids is 1. The summed E-state index contributed by atoms with van der Waals surface area (Å²) >= 11 is 4.33. The number of sulfonamides is 1. The Bertz CT molecular complexity index is 991. The molecule has 1 aromatic carbocycles. The molecule has 9 heteroatoms. The Morgan fingerprint density at radius 1 is 1.26 bits per heavy atom. The van der Waals surface area contributed by atoms with Crippen LogP contribution in [-0.4, -0.2) is 44.0 Å². The van der Waals surface area contributed by atoms with Gasteiger partial charge in [0.2, 0.25) is 0 Å². The van der Waals surface area contributed by atoms with Crippen molar-refractivity contribution in [3.63, 3.8) is 0 Å². The Balaban J connectivity index is 2.01. The Morgan fingerprint density at radius 3 is 2.59 bits per heavy atom. The van der Waals surface area contributed by atoms with E-state index in [-0.39, 0.29) is 9.78 Å². The average molecular weight is 472 g/mol. The minimum atomic E-state index is -3.57. The predicted octanol–water partition coefficient (Wildman–Crippen LogP) is 3.93. The first-order chi connectivity index (χ1) is 12.8. The molecule has 2 aromatic rings. The van der Waals surface area contributed by atoms with Crippen LogP contribution in [0.25, 0.3) is 11.6 Å². The second-order valence-corrected chi connectivity index (χ2v) is 10.1. The molecule has 1 aliphatic rings. The quantitative estimate of drug-likeness (QED) is 0.645. The topological polar surface area (TPSA) is 83.9 Å². The maximum atomic E-state index is 12.7. The average Bonchev–Trinajstić information content (AvgIpc) is 3.31. The van der Waals surface area contributed by atoms with Crippen LogP contribution in [0.2, 0.25) is 0 Å². The third-order valence-corrected chi connectivity index (χ3v) is 8.21. The van der Waals surface area contributed by atoms with E-state index in [0.29, 0.717) is 29.3 Å². The van der Waals surface area contributed by atoms with Crippen LogP contribution in [0.5, 0.6) is 5.75 Å². The van der Waals surface area contributed by atoms with Crippen molar-refractivity contribution in [1.29, 1.82) is 0 Å². The number of hydrogen-bond acceptors (Lipinski definition) is 5. The summed E-state index contributed by atoms with van der Waals surface area (Å²) in [5, 5.41) is 9.67. The lowest BCUT2D eigenvalue weighted by molar-refractivity contribution is -0.130. The molecule has 27 heavy (non-hydrogen) atoms. The summed E-state index contributed by atoms with van der Waals surface area (Å²) in [6, 6.07) is 8.29. The fourth-order valence-corrected chi connectivity index (χ4v) is 6.24. The summed E-state index contributed by atoms with van der Waals surface area (Å²) in [6.45, 7) is 1.01. The van der Waals surface area contributed by atoms with Gasteiger partial charge >= 0.3 is 5.97 Å². The zero-order valence-corrected chi connectivity index (χ0v) is 17.7. The smallest absolute Gasteiger partial charge is 0.337 e. The Hall–Kier alpha value is -1.68. The predicted molar refractivity (Wildman–Crippen MR) is 109 cm³/mol. The van der Waals surface area contributed by atoms with Crippen molar-refractivity contribution < 1.29 is 23.1 Å². The van der Waals surface area contributed by atoms with Gasteiger partial charge in [0.15, 0.2) is 0 Å². The summed E-state index contributed by atoms with van der Waals surface area (Å²) in [5.74, 6) is -0.609. The number of rotatable bonds is 6. The van der Waals surface area contributed by atoms with Crippen LogP contribution in [0.1, 0.15) is 23.3 Å². The molecule has 0 amide bonds. The van der Waals surface area contributed by atoms with Crippen LogP contribution in [0.3, 0.4) is 0 Å². The van der Waals surface area contributed by atoms with Gasteiger partial charge in [0.25, 0.3) is 10.0 Å². The molecule has 3 rings (SSSR count). The molecule has 0 spiro atoms. The van der Waals surface area contributed by atoms with Crippen molar-refractivity contribution in [3.05, 3.63) is 45.2 Å². The lowest BCUT2D eigenvalue weighted by Gasteiger charge is -2.13. The van der Waals surface area contributed by atoms with Gasteiger partial charge in [0, 0.05) is 28.0 Å². The van der Waals surface area contributed by atoms with Crippen LogP contribution in [0.4, 0.5) is 0 Å². The fourth-order valence-electron chi connectivity index (χ4n) is 2.87. The van der Waals surface area contributed by atoms with Crippen LogP contribution < -0.4 is 4.74 Å². The first-order valence-corrected chi connectivity index (χ1v) is 11.3. The molecule has 1 aliphatic heterocycles. The normalized spacial score (nSPS) is 15.9. The summed E-state index contributed by atoms with van der Waals surface area (Å²) < 4.78 is 33.0. The third kappa shape index (κ3) is 4.26. The molecule has 1 N–H and O–H groups in total. The SMILES string of the molecule is COc1ccc(Br)cc1C=C(C(=O)O)c1ccc(S(=O)(=O)N2CCCC2)s1. The molecule has 1 aromatic heterocycles. The highest BCUT2D eigenvalue weighted by Gasteiger charge is 2.29. The number of thiophene rings is 1. The Labute approximate surface area is 170 Å². The molecule has 2 heterocycles. The van der Waals surface area contributed by atoms with Crippen LogP contribution in [0, 0.1) is 0 Å². The fraction of sp³-hybridized carbons (Fsp3) is 0.278. The second kappa shape index (κ2) is 8.14. The zero-order valence-electron chi connectivity index (χ0n) is 14.5. The van der Waals surface area contributed by atoms with Crippen molar-refractivity contribution in [1.82, 2.24) is 4.31 Å². The maximum Gasteiger partial charge on any atom is 0.337 e. The van der Waals surface area contributed by atoms with Gasteiger partial charge in [0.1, 0.15) is 9.96 Å². The lowest BCUT2D eigenvalue weighted by Crippen LogP contribution is -2.27. The lowest BCUT2D eigenvalue weighted by atomic mass is 10.1. The summed E-state index contributed by atoms with van der Waals surface area (Å²) in [4.78, 5) is 12.2. The highest BCUT2D eigenvalue weighted by molar-refractivity contribution is 9.10. The van der Waals surface area contributed by atoms with E-state index in [1.807, 2.05) is 0 Å². The van der Waals surface area contributed by atoms with Gasteiger partial charge in [-0.2, -0.15) is 4.31 Å². The van der Waals surface area contributed by atoms with Gasteiger partial charge in [-0.1, -0.05) is 15.9 Å². The molecular weight excluding hydrogens is 454 g/mol. The van der Waals surface area contributed by atoms with E-state index in [1.165, 1.54) is 29.6 Å². The van der Waals surface area contributed by atoms with Crippen molar-refractivity contribution in [2.24, 2.45) is 0 Å². The minimum absolute atomic E-state index is 0.0132. The molecule has 0 unspecified atom stereocenters. The van der Waals surface area contributed by atoms with Crippen molar-refractivity contribution >= 4 is 54.9 Å². The number of nitrogens with zero attached hydrogens (tertiary/aromatic N) is 1. The Morgan fingerprint density at radius 2 is 1.96 bits per heavy atom. The number of carboxylic acid groups (broad SMARTS) is 1. The second-order valence-electron chi connectivity index (χ2n) is 5.98. The van der Waals surface area contributed by atoms with Gasteiger partial charge in [-0.25, -0.2) is 13.2 Å². The van der Waals surface area contributed by atoms with Gasteiger partial charge in [-0.3, -0.25) is 0 Å². The molecule has 1 fully saturated rings. The molecule has 144 valence electrons. The highest BCUT2D eigenvalue weighted by atomic mass is 79.9. The molecule has 0 radical (unpaired) electrons. The molecule has 0 aliphatic carbocycles. The van der Waals surface area contributed by atoms with Gasteiger partial charge in [-0.05, 0) is 49.2 Å². The number of carboxylic acids is 1. The Kier molecular flexibility index (Phi) is 6.05. The number of ether oxygens (including phenoxy) is 1. The van der Waals surface area contributed by atoms with Gasteiger partial charge < -0.3 is 9.84 Å². The summed E-state index contributed by atoms with van der Waals surface area (Å²) in [7, 11) is -2.06. The number of hydrogen-bond donors (Lipinski definition) is 1. The number of benzene rings is 1. The molecule has 0 bridgehead atoms. The number of halogens is 1. The van der Waals surface area contributed by atoms with Crippen LogP contribution in [-0.2, 0) is 14.8 Å². The van der Waals surface area contributed by atoms with Crippen molar-refractivity contribution in [3.8, 4) is 5.75 Å². The first-order valence-electron chi connectivity index (χ1n) is 8.22. The minimum Gasteiger partial charge on any atom is -0.496 e. The molecule has 1 saturated heterocycles. The van der Waals surface area contributed by atoms with E-state index in [4.69, 9.17) is 4.74 Å². The van der Waals surface area contributed by atoms with Gasteiger partial charge in [0.05, 0.1) is 12.7 Å². The number of carbonyl (C=O) groups is 1. The van der Waals surface area contributed by atoms with E-state index in [1.54, 1.807) is 18.2 Å². The monoisotopic (exact) mass is 471 g/mol. The highest BCUT2D eigenvalue weighted by Crippen LogP contribution is 2.34. The number of methoxy groups -OCH3 is 1.